The summed E-state index contributed by atoms with van der Waals surface area (Å²) in [6, 6.07) is 0.286. The van der Waals surface area contributed by atoms with Crippen LogP contribution in [0.5, 0.6) is 0 Å². The van der Waals surface area contributed by atoms with Crippen LogP contribution in [0, 0.1) is 5.92 Å². The minimum atomic E-state index is -0.690. The van der Waals surface area contributed by atoms with E-state index in [2.05, 4.69) is 11.9 Å². The van der Waals surface area contributed by atoms with Crippen molar-refractivity contribution in [3.8, 4) is 0 Å². The lowest BCUT2D eigenvalue weighted by atomic mass is 9.91. The van der Waals surface area contributed by atoms with Gasteiger partial charge < -0.3 is 18.9 Å². The van der Waals surface area contributed by atoms with Gasteiger partial charge in [-0.1, -0.05) is 6.92 Å². The Morgan fingerprint density at radius 3 is 2.84 bits per heavy atom. The maximum absolute atomic E-state index is 11.8. The van der Waals surface area contributed by atoms with E-state index in [1.165, 1.54) is 7.11 Å². The summed E-state index contributed by atoms with van der Waals surface area (Å²) < 4.78 is 22.1. The third kappa shape index (κ3) is 5.39. The second-order valence-electron chi connectivity index (χ2n) is 7.18. The molecule has 0 saturated carbocycles. The van der Waals surface area contributed by atoms with E-state index in [4.69, 9.17) is 24.0 Å². The molecule has 144 valence electrons. The summed E-state index contributed by atoms with van der Waals surface area (Å²) in [5, 5.41) is 6.94. The van der Waals surface area contributed by atoms with Gasteiger partial charge in [0.05, 0.1) is 38.5 Å². The molecule has 0 spiro atoms. The fraction of sp³-hybridized carbons (Fsp3) is 0.889. The lowest BCUT2D eigenvalue weighted by molar-refractivity contribution is -0.244. The fourth-order valence-electron chi connectivity index (χ4n) is 3.43. The zero-order valence-electron chi connectivity index (χ0n) is 16.1. The molecule has 2 aliphatic heterocycles. The minimum Gasteiger partial charge on any atom is -0.469 e. The average molecular weight is 356 g/mol. The summed E-state index contributed by atoms with van der Waals surface area (Å²) in [6.45, 7) is 7.82. The predicted octanol–water partition coefficient (Wildman–Crippen LogP) is 2.19. The van der Waals surface area contributed by atoms with Gasteiger partial charge in [-0.3, -0.25) is 9.80 Å². The molecule has 0 bridgehead atoms. The van der Waals surface area contributed by atoms with Crippen LogP contribution in [0.15, 0.2) is 5.10 Å². The molecule has 0 aliphatic carbocycles. The molecule has 0 unspecified atom stereocenters. The topological polar surface area (TPSA) is 69.6 Å². The van der Waals surface area contributed by atoms with Crippen molar-refractivity contribution in [1.29, 1.82) is 0 Å². The van der Waals surface area contributed by atoms with Gasteiger partial charge in [-0.25, -0.2) is 0 Å². The van der Waals surface area contributed by atoms with Gasteiger partial charge in [0.1, 0.15) is 6.10 Å². The van der Waals surface area contributed by atoms with Crippen LogP contribution in [-0.4, -0.2) is 68.6 Å². The number of hydrazone groups is 1. The van der Waals surface area contributed by atoms with E-state index in [1.807, 2.05) is 13.8 Å². The maximum Gasteiger partial charge on any atom is 0.305 e. The van der Waals surface area contributed by atoms with E-state index >= 15 is 0 Å². The number of hydrogen-bond acceptors (Lipinski definition) is 7. The second kappa shape index (κ2) is 8.96. The van der Waals surface area contributed by atoms with Crippen molar-refractivity contribution in [2.24, 2.45) is 11.0 Å². The first-order chi connectivity index (χ1) is 11.9. The Bertz CT molecular complexity index is 480. The molecule has 25 heavy (non-hydrogen) atoms. The van der Waals surface area contributed by atoms with Gasteiger partial charge in [0.25, 0.3) is 0 Å². The van der Waals surface area contributed by atoms with Crippen LogP contribution in [0.1, 0.15) is 46.5 Å². The van der Waals surface area contributed by atoms with Crippen molar-refractivity contribution in [3.05, 3.63) is 0 Å². The molecular formula is C18H32N2O5. The minimum absolute atomic E-state index is 0.0119. The first-order valence-corrected chi connectivity index (χ1v) is 9.11. The smallest absolute Gasteiger partial charge is 0.305 e. The number of ether oxygens (including phenoxy) is 4. The molecule has 0 N–H and O–H groups in total. The van der Waals surface area contributed by atoms with Crippen LogP contribution >= 0.6 is 0 Å². The number of nitrogens with zero attached hydrogens (tertiary/aromatic N) is 2. The molecule has 2 fully saturated rings. The van der Waals surface area contributed by atoms with Crippen molar-refractivity contribution in [1.82, 2.24) is 5.01 Å². The van der Waals surface area contributed by atoms with Gasteiger partial charge >= 0.3 is 5.97 Å². The van der Waals surface area contributed by atoms with Crippen LogP contribution in [0.3, 0.4) is 0 Å². The van der Waals surface area contributed by atoms with E-state index < -0.39 is 5.79 Å². The van der Waals surface area contributed by atoms with Crippen LogP contribution in [0.2, 0.25) is 0 Å². The monoisotopic (exact) mass is 356 g/mol. The quantitative estimate of drug-likeness (QED) is 0.651. The van der Waals surface area contributed by atoms with Crippen LogP contribution in [-0.2, 0) is 23.7 Å². The highest BCUT2D eigenvalue weighted by atomic mass is 16.7. The third-order valence-electron chi connectivity index (χ3n) is 4.88. The Kier molecular flexibility index (Phi) is 7.22. The summed E-state index contributed by atoms with van der Waals surface area (Å²) in [4.78, 5) is 11.8. The number of methoxy groups -OCH3 is 2. The van der Waals surface area contributed by atoms with E-state index in [0.29, 0.717) is 19.6 Å². The first kappa shape index (κ1) is 20.1. The van der Waals surface area contributed by atoms with Gasteiger partial charge in [-0.15, -0.1) is 0 Å². The molecule has 2 rings (SSSR count). The summed E-state index contributed by atoms with van der Waals surface area (Å²) in [6.07, 6.45) is 3.03. The molecular weight excluding hydrogens is 324 g/mol. The third-order valence-corrected chi connectivity index (χ3v) is 4.88. The molecule has 0 aromatic carbocycles. The van der Waals surface area contributed by atoms with Crippen molar-refractivity contribution >= 4 is 11.7 Å². The molecule has 0 aromatic heterocycles. The summed E-state index contributed by atoms with van der Waals surface area (Å²) in [7, 11) is 3.13. The first-order valence-electron chi connectivity index (χ1n) is 9.11. The maximum atomic E-state index is 11.8. The fourth-order valence-corrected chi connectivity index (χ4v) is 3.43. The van der Waals surface area contributed by atoms with E-state index in [-0.39, 0.29) is 24.0 Å². The zero-order chi connectivity index (χ0) is 18.4. The molecule has 7 heteroatoms. The molecule has 2 heterocycles. The highest BCUT2D eigenvalue weighted by molar-refractivity contribution is 5.91. The van der Waals surface area contributed by atoms with Crippen molar-refractivity contribution in [2.75, 3.05) is 34.0 Å². The number of hydrogen-bond donors (Lipinski definition) is 0. The van der Waals surface area contributed by atoms with Gasteiger partial charge in [-0.05, 0) is 33.1 Å². The van der Waals surface area contributed by atoms with Crippen LogP contribution in [0.25, 0.3) is 0 Å². The van der Waals surface area contributed by atoms with Crippen molar-refractivity contribution in [2.45, 2.75) is 64.4 Å². The Balaban J connectivity index is 2.20. The molecule has 0 radical (unpaired) electrons. The molecule has 2 aliphatic rings. The van der Waals surface area contributed by atoms with Gasteiger partial charge in [-0.2, -0.15) is 5.10 Å². The Labute approximate surface area is 150 Å². The molecule has 0 amide bonds. The van der Waals surface area contributed by atoms with E-state index in [1.54, 1.807) is 7.11 Å². The number of carbonyl (C=O) groups excluding carboxylic acids is 1. The average Bonchev–Trinajstić information content (AvgIpc) is 3.01. The van der Waals surface area contributed by atoms with Crippen LogP contribution in [0.4, 0.5) is 0 Å². The van der Waals surface area contributed by atoms with Crippen molar-refractivity contribution in [3.63, 3.8) is 0 Å². The summed E-state index contributed by atoms with van der Waals surface area (Å²) in [5.41, 5.74) is 0.845. The molecule has 3 atom stereocenters. The molecule has 7 nitrogen and oxygen atoms in total. The van der Waals surface area contributed by atoms with Crippen LogP contribution < -0.4 is 0 Å². The predicted molar refractivity (Wildman–Crippen MR) is 94.4 cm³/mol. The summed E-state index contributed by atoms with van der Waals surface area (Å²) >= 11 is 0. The second-order valence-corrected chi connectivity index (χ2v) is 7.18. The van der Waals surface area contributed by atoms with E-state index in [9.17, 15) is 4.79 Å². The standard InChI is InChI=1S/C18H32N2O5/c1-6-13(10-16(21)23-5)17-15(12-24-18(2,3)25-17)19-20-9-7-8-14(20)11-22-4/h13-14,17H,6-12H2,1-5H3/b19-15+/t13-,14+,17+/m1/s1. The highest BCUT2D eigenvalue weighted by Gasteiger charge is 2.39. The van der Waals surface area contributed by atoms with Crippen molar-refractivity contribution < 1.29 is 23.7 Å². The SMILES string of the molecule is CC[C@H](CC(=O)OC)[C@@H]1OC(C)(C)OC/C1=N\N1CCC[C@H]1COC. The number of rotatable bonds is 7. The Morgan fingerprint density at radius 1 is 1.44 bits per heavy atom. The lowest BCUT2D eigenvalue weighted by Gasteiger charge is -2.40. The van der Waals surface area contributed by atoms with Gasteiger partial charge in [0, 0.05) is 19.6 Å². The molecule has 2 saturated heterocycles. The van der Waals surface area contributed by atoms with E-state index in [0.717, 1.165) is 31.5 Å². The summed E-state index contributed by atoms with van der Waals surface area (Å²) in [5.74, 6) is -0.903. The molecule has 0 aromatic rings. The Morgan fingerprint density at radius 2 is 2.20 bits per heavy atom. The van der Waals surface area contributed by atoms with Gasteiger partial charge in [0.15, 0.2) is 5.79 Å². The van der Waals surface area contributed by atoms with Gasteiger partial charge in [0.2, 0.25) is 0 Å². The normalized spacial score (nSPS) is 29.0. The highest BCUT2D eigenvalue weighted by Crippen LogP contribution is 2.30. The largest absolute Gasteiger partial charge is 0.469 e. The number of esters is 1. The lowest BCUT2D eigenvalue weighted by Crippen LogP contribution is -2.50. The Hall–Kier alpha value is -1.18. The zero-order valence-corrected chi connectivity index (χ0v) is 16.1. The number of carbonyl (C=O) groups is 1.